The van der Waals surface area contributed by atoms with E-state index < -0.39 is 0 Å². The van der Waals surface area contributed by atoms with Crippen molar-refractivity contribution < 1.29 is 4.74 Å². The molecule has 0 bridgehead atoms. The lowest BCUT2D eigenvalue weighted by molar-refractivity contribution is 0.196. The Bertz CT molecular complexity index is 564. The van der Waals surface area contributed by atoms with E-state index in [1.165, 1.54) is 0 Å². The van der Waals surface area contributed by atoms with E-state index >= 15 is 0 Å². The molecule has 0 spiro atoms. The van der Waals surface area contributed by atoms with Crippen LogP contribution in [0.2, 0.25) is 0 Å². The molecule has 1 aromatic heterocycles. The fourth-order valence-corrected chi connectivity index (χ4v) is 2.13. The van der Waals surface area contributed by atoms with Crippen molar-refractivity contribution >= 4 is 18.2 Å². The second-order valence-electron chi connectivity index (χ2n) is 4.27. The molecule has 102 valence electrons. The van der Waals surface area contributed by atoms with Gasteiger partial charge in [-0.1, -0.05) is 18.2 Å². The minimum absolute atomic E-state index is 0.597. The second-order valence-corrected chi connectivity index (χ2v) is 4.65. The van der Waals surface area contributed by atoms with E-state index in [0.29, 0.717) is 4.77 Å². The number of hydrogen-bond acceptors (Lipinski definition) is 4. The summed E-state index contributed by atoms with van der Waals surface area (Å²) in [5.74, 6) is 0.812. The molecule has 19 heavy (non-hydrogen) atoms. The third kappa shape index (κ3) is 3.21. The molecule has 0 unspecified atom stereocenters. The van der Waals surface area contributed by atoms with Gasteiger partial charge in [0.25, 0.3) is 0 Å². The number of rotatable bonds is 6. The van der Waals surface area contributed by atoms with Crippen LogP contribution in [0.15, 0.2) is 30.3 Å². The Morgan fingerprint density at radius 3 is 2.79 bits per heavy atom. The summed E-state index contributed by atoms with van der Waals surface area (Å²) in [5, 5.41) is 7.15. The van der Waals surface area contributed by atoms with Crippen LogP contribution >= 0.6 is 12.2 Å². The third-order valence-electron chi connectivity index (χ3n) is 2.85. The maximum absolute atomic E-state index is 5.30. The number of methoxy groups -OCH3 is 1. The molecular weight excluding hydrogens is 260 g/mol. The van der Waals surface area contributed by atoms with Gasteiger partial charge in [-0.15, -0.1) is 5.10 Å². The van der Waals surface area contributed by atoms with Crippen LogP contribution in [0.5, 0.6) is 0 Å². The third-order valence-corrected chi connectivity index (χ3v) is 3.13. The Morgan fingerprint density at radius 1 is 1.37 bits per heavy atom. The second kappa shape index (κ2) is 6.49. The van der Waals surface area contributed by atoms with Crippen LogP contribution in [-0.4, -0.2) is 42.1 Å². The maximum atomic E-state index is 5.30. The van der Waals surface area contributed by atoms with Crippen LogP contribution in [-0.2, 0) is 4.74 Å². The van der Waals surface area contributed by atoms with Crippen LogP contribution in [0.3, 0.4) is 0 Å². The first kappa shape index (κ1) is 13.8. The van der Waals surface area contributed by atoms with Crippen molar-refractivity contribution in [3.8, 4) is 5.69 Å². The first-order valence-electron chi connectivity index (χ1n) is 6.17. The zero-order chi connectivity index (χ0) is 13.7. The number of hydrogen-bond donors (Lipinski definition) is 1. The number of ether oxygens (including phenoxy) is 1. The lowest BCUT2D eigenvalue weighted by atomic mass is 10.3. The summed E-state index contributed by atoms with van der Waals surface area (Å²) in [6.07, 6.45) is 0.946. The average molecular weight is 278 g/mol. The van der Waals surface area contributed by atoms with Crippen LogP contribution in [0.25, 0.3) is 5.69 Å². The van der Waals surface area contributed by atoms with Crippen molar-refractivity contribution in [1.82, 2.24) is 14.8 Å². The van der Waals surface area contributed by atoms with Gasteiger partial charge in [0, 0.05) is 27.3 Å². The molecule has 5 nitrogen and oxygen atoms in total. The molecule has 1 heterocycles. The van der Waals surface area contributed by atoms with Crippen molar-refractivity contribution in [3.63, 3.8) is 0 Å². The summed E-state index contributed by atoms with van der Waals surface area (Å²) in [4.78, 5) is 2.07. The maximum Gasteiger partial charge on any atom is 0.230 e. The highest BCUT2D eigenvalue weighted by molar-refractivity contribution is 7.71. The quantitative estimate of drug-likeness (QED) is 0.651. The topological polar surface area (TPSA) is 46.1 Å². The van der Waals surface area contributed by atoms with Gasteiger partial charge < -0.3 is 9.64 Å². The van der Waals surface area contributed by atoms with Crippen molar-refractivity contribution in [2.45, 2.75) is 6.42 Å². The number of anilines is 1. The summed E-state index contributed by atoms with van der Waals surface area (Å²) in [6.45, 7) is 1.60. The molecule has 2 aromatic rings. The fraction of sp³-hybridized carbons (Fsp3) is 0.385. The molecule has 0 saturated carbocycles. The lowest BCUT2D eigenvalue weighted by Gasteiger charge is -2.18. The Labute approximate surface area is 117 Å². The Morgan fingerprint density at radius 2 is 2.11 bits per heavy atom. The van der Waals surface area contributed by atoms with Gasteiger partial charge in [0.2, 0.25) is 10.7 Å². The van der Waals surface area contributed by atoms with Crippen LogP contribution < -0.4 is 4.90 Å². The van der Waals surface area contributed by atoms with Crippen molar-refractivity contribution in [1.29, 1.82) is 0 Å². The molecule has 0 aliphatic heterocycles. The molecule has 6 heteroatoms. The molecule has 0 fully saturated rings. The molecule has 0 radical (unpaired) electrons. The highest BCUT2D eigenvalue weighted by Gasteiger charge is 2.12. The largest absolute Gasteiger partial charge is 0.385 e. The Kier molecular flexibility index (Phi) is 4.70. The van der Waals surface area contributed by atoms with E-state index in [2.05, 4.69) is 15.1 Å². The number of aromatic amines is 1. The molecule has 1 aromatic carbocycles. The van der Waals surface area contributed by atoms with E-state index in [-0.39, 0.29) is 0 Å². The van der Waals surface area contributed by atoms with E-state index in [1.807, 2.05) is 41.9 Å². The number of aromatic nitrogens is 3. The summed E-state index contributed by atoms with van der Waals surface area (Å²) in [7, 11) is 3.71. The molecule has 0 atom stereocenters. The van der Waals surface area contributed by atoms with Crippen molar-refractivity contribution in [3.05, 3.63) is 35.1 Å². The van der Waals surface area contributed by atoms with Gasteiger partial charge in [-0.05, 0) is 30.8 Å². The normalized spacial score (nSPS) is 10.6. The average Bonchev–Trinajstić information content (AvgIpc) is 2.82. The van der Waals surface area contributed by atoms with Crippen molar-refractivity contribution in [2.24, 2.45) is 0 Å². The van der Waals surface area contributed by atoms with Gasteiger partial charge in [-0.3, -0.25) is 4.57 Å². The Hall–Kier alpha value is -1.66. The number of nitrogens with one attached hydrogen (secondary N) is 1. The molecule has 1 N–H and O–H groups in total. The predicted octanol–water partition coefficient (Wildman–Crippen LogP) is 2.40. The number of nitrogens with zero attached hydrogens (tertiary/aromatic N) is 3. The van der Waals surface area contributed by atoms with E-state index in [4.69, 9.17) is 17.0 Å². The van der Waals surface area contributed by atoms with Gasteiger partial charge in [-0.2, -0.15) is 0 Å². The van der Waals surface area contributed by atoms with Gasteiger partial charge in [0.05, 0.1) is 5.69 Å². The van der Waals surface area contributed by atoms with Crippen molar-refractivity contribution in [2.75, 3.05) is 32.2 Å². The van der Waals surface area contributed by atoms with Crippen LogP contribution in [0, 0.1) is 4.77 Å². The van der Waals surface area contributed by atoms with E-state index in [1.54, 1.807) is 7.11 Å². The molecule has 0 aliphatic rings. The van der Waals surface area contributed by atoms with Gasteiger partial charge in [0.1, 0.15) is 0 Å². The smallest absolute Gasteiger partial charge is 0.230 e. The van der Waals surface area contributed by atoms with Gasteiger partial charge in [-0.25, -0.2) is 5.10 Å². The molecule has 2 rings (SSSR count). The van der Waals surface area contributed by atoms with Gasteiger partial charge >= 0.3 is 0 Å². The highest BCUT2D eigenvalue weighted by Crippen LogP contribution is 2.17. The number of H-pyrrole nitrogens is 1. The Balaban J connectivity index is 2.25. The molecule has 0 saturated heterocycles. The minimum Gasteiger partial charge on any atom is -0.385 e. The lowest BCUT2D eigenvalue weighted by Crippen LogP contribution is -2.23. The van der Waals surface area contributed by atoms with E-state index in [0.717, 1.165) is 31.2 Å². The molecular formula is C13H18N4OS. The first-order valence-corrected chi connectivity index (χ1v) is 6.58. The zero-order valence-electron chi connectivity index (χ0n) is 11.2. The zero-order valence-corrected chi connectivity index (χ0v) is 12.0. The fourth-order valence-electron chi connectivity index (χ4n) is 1.90. The number of benzene rings is 1. The van der Waals surface area contributed by atoms with E-state index in [9.17, 15) is 0 Å². The summed E-state index contributed by atoms with van der Waals surface area (Å²) in [5.41, 5.74) is 1.01. The standard InChI is InChI=1S/C13H18N4OS/c1-16(9-6-10-18-2)12-14-15-13(19)17(12)11-7-4-3-5-8-11/h3-5,7-8H,6,9-10H2,1-2H3,(H,15,19). The summed E-state index contributed by atoms with van der Waals surface area (Å²) >= 11 is 5.30. The first-order chi connectivity index (χ1) is 9.24. The van der Waals surface area contributed by atoms with Crippen LogP contribution in [0.4, 0.5) is 5.95 Å². The summed E-state index contributed by atoms with van der Waals surface area (Å²) < 4.78 is 7.60. The van der Waals surface area contributed by atoms with Crippen LogP contribution in [0.1, 0.15) is 6.42 Å². The monoisotopic (exact) mass is 278 g/mol. The predicted molar refractivity (Wildman–Crippen MR) is 78.5 cm³/mol. The summed E-state index contributed by atoms with van der Waals surface area (Å²) in [6, 6.07) is 9.97. The van der Waals surface area contributed by atoms with Gasteiger partial charge in [0.15, 0.2) is 0 Å². The SMILES string of the molecule is COCCCN(C)c1n[nH]c(=S)n1-c1ccccc1. The number of para-hydroxylation sites is 1. The molecule has 0 amide bonds. The minimum atomic E-state index is 0.597. The molecule has 0 aliphatic carbocycles. The highest BCUT2D eigenvalue weighted by atomic mass is 32.1.